The molecule has 1 aromatic heterocycles. The molecule has 0 aromatic carbocycles. The van der Waals surface area contributed by atoms with Gasteiger partial charge in [-0.3, -0.25) is 9.59 Å². The summed E-state index contributed by atoms with van der Waals surface area (Å²) in [6.45, 7) is 5.10. The van der Waals surface area contributed by atoms with Crippen molar-refractivity contribution in [3.05, 3.63) is 20.8 Å². The number of thiophene rings is 1. The van der Waals surface area contributed by atoms with Gasteiger partial charge in [0.15, 0.2) is 0 Å². The summed E-state index contributed by atoms with van der Waals surface area (Å²) in [5.74, 6) is 0.323. The van der Waals surface area contributed by atoms with Crippen LogP contribution in [0.15, 0.2) is 15.9 Å². The SMILES string of the molecule is CC1CCN(C(=O)C(C)NC(=O)c2ccc(Br)s2)C(CN)C1. The van der Waals surface area contributed by atoms with Crippen molar-refractivity contribution in [2.24, 2.45) is 11.7 Å². The van der Waals surface area contributed by atoms with Crippen molar-refractivity contribution >= 4 is 39.1 Å². The first kappa shape index (κ1) is 17.4. The minimum atomic E-state index is -0.546. The monoisotopic (exact) mass is 387 g/mol. The van der Waals surface area contributed by atoms with Gasteiger partial charge in [0.25, 0.3) is 5.91 Å². The number of likely N-dealkylation sites (tertiary alicyclic amines) is 1. The Morgan fingerprint density at radius 2 is 2.27 bits per heavy atom. The Balaban J connectivity index is 1.97. The average Bonchev–Trinajstić information content (AvgIpc) is 2.93. The molecule has 0 bridgehead atoms. The molecule has 3 atom stereocenters. The van der Waals surface area contributed by atoms with Gasteiger partial charge in [-0.1, -0.05) is 6.92 Å². The fraction of sp³-hybridized carbons (Fsp3) is 0.600. The number of nitrogens with zero attached hydrogens (tertiary/aromatic N) is 1. The van der Waals surface area contributed by atoms with E-state index in [1.54, 1.807) is 13.0 Å². The van der Waals surface area contributed by atoms with Gasteiger partial charge < -0.3 is 16.0 Å². The van der Waals surface area contributed by atoms with E-state index in [1.165, 1.54) is 11.3 Å². The number of nitrogens with two attached hydrogens (primary N) is 1. The molecule has 1 aliphatic rings. The van der Waals surface area contributed by atoms with Crippen molar-refractivity contribution in [1.29, 1.82) is 0 Å². The van der Waals surface area contributed by atoms with Crippen LogP contribution in [0.4, 0.5) is 0 Å². The molecule has 7 heteroatoms. The summed E-state index contributed by atoms with van der Waals surface area (Å²) in [5.41, 5.74) is 5.80. The minimum absolute atomic E-state index is 0.0497. The Hall–Kier alpha value is -0.920. The van der Waals surface area contributed by atoms with Gasteiger partial charge in [-0.05, 0) is 53.7 Å². The predicted molar refractivity (Wildman–Crippen MR) is 91.9 cm³/mol. The third-order valence-corrected chi connectivity index (χ3v) is 5.67. The van der Waals surface area contributed by atoms with Gasteiger partial charge >= 0.3 is 0 Å². The summed E-state index contributed by atoms with van der Waals surface area (Å²) < 4.78 is 0.893. The summed E-state index contributed by atoms with van der Waals surface area (Å²) in [6, 6.07) is 3.09. The van der Waals surface area contributed by atoms with E-state index in [1.807, 2.05) is 11.0 Å². The lowest BCUT2D eigenvalue weighted by Crippen LogP contribution is -2.55. The number of carbonyl (C=O) groups is 2. The second-order valence-corrected chi connectivity index (χ2v) is 8.31. The first-order chi connectivity index (χ1) is 10.4. The third kappa shape index (κ3) is 4.08. The predicted octanol–water partition coefficient (Wildman–Crippen LogP) is 2.21. The summed E-state index contributed by atoms with van der Waals surface area (Å²) in [6.07, 6.45) is 1.92. The quantitative estimate of drug-likeness (QED) is 0.831. The van der Waals surface area contributed by atoms with Crippen molar-refractivity contribution in [2.45, 2.75) is 38.8 Å². The lowest BCUT2D eigenvalue weighted by molar-refractivity contribution is -0.136. The first-order valence-corrected chi connectivity index (χ1v) is 9.10. The molecule has 0 spiro atoms. The lowest BCUT2D eigenvalue weighted by atomic mass is 9.92. The van der Waals surface area contributed by atoms with Crippen LogP contribution in [0.25, 0.3) is 0 Å². The molecule has 2 amide bonds. The van der Waals surface area contributed by atoms with Crippen LogP contribution >= 0.6 is 27.3 Å². The molecule has 1 aromatic rings. The average molecular weight is 388 g/mol. The van der Waals surface area contributed by atoms with Crippen LogP contribution < -0.4 is 11.1 Å². The number of amides is 2. The van der Waals surface area contributed by atoms with Gasteiger partial charge in [0, 0.05) is 19.1 Å². The summed E-state index contributed by atoms with van der Waals surface area (Å²) >= 11 is 4.68. The van der Waals surface area contributed by atoms with Gasteiger partial charge in [-0.15, -0.1) is 11.3 Å². The summed E-state index contributed by atoms with van der Waals surface area (Å²) in [4.78, 5) is 27.2. The molecular formula is C15H22BrN3O2S. The molecule has 3 unspecified atom stereocenters. The number of hydrogen-bond acceptors (Lipinski definition) is 4. The second-order valence-electron chi connectivity index (χ2n) is 5.85. The number of nitrogens with one attached hydrogen (secondary N) is 1. The molecule has 0 aliphatic carbocycles. The zero-order chi connectivity index (χ0) is 16.3. The highest BCUT2D eigenvalue weighted by atomic mass is 79.9. The highest BCUT2D eigenvalue weighted by Crippen LogP contribution is 2.23. The Morgan fingerprint density at radius 3 is 2.86 bits per heavy atom. The van der Waals surface area contributed by atoms with Crippen LogP contribution in [-0.4, -0.2) is 41.9 Å². The number of carbonyl (C=O) groups excluding carboxylic acids is 2. The first-order valence-electron chi connectivity index (χ1n) is 7.49. The maximum absolute atomic E-state index is 12.6. The smallest absolute Gasteiger partial charge is 0.262 e. The van der Waals surface area contributed by atoms with E-state index < -0.39 is 6.04 Å². The molecule has 22 heavy (non-hydrogen) atoms. The molecule has 1 aliphatic heterocycles. The van der Waals surface area contributed by atoms with Crippen LogP contribution in [-0.2, 0) is 4.79 Å². The second kappa shape index (κ2) is 7.57. The summed E-state index contributed by atoms with van der Waals surface area (Å²) in [5, 5.41) is 2.78. The van der Waals surface area contributed by atoms with Crippen LogP contribution in [0, 0.1) is 5.92 Å². The van der Waals surface area contributed by atoms with Gasteiger partial charge in [0.2, 0.25) is 5.91 Å². The molecule has 0 radical (unpaired) electrons. The minimum Gasteiger partial charge on any atom is -0.340 e. The van der Waals surface area contributed by atoms with Crippen LogP contribution in [0.5, 0.6) is 0 Å². The van der Waals surface area contributed by atoms with Gasteiger partial charge in [-0.25, -0.2) is 0 Å². The Kier molecular flexibility index (Phi) is 6.00. The van der Waals surface area contributed by atoms with Crippen molar-refractivity contribution in [2.75, 3.05) is 13.1 Å². The molecule has 1 fully saturated rings. The van der Waals surface area contributed by atoms with Gasteiger partial charge in [0.05, 0.1) is 8.66 Å². The number of rotatable bonds is 4. The van der Waals surface area contributed by atoms with E-state index in [0.717, 1.165) is 16.6 Å². The van der Waals surface area contributed by atoms with Crippen molar-refractivity contribution in [3.63, 3.8) is 0 Å². The lowest BCUT2D eigenvalue weighted by Gasteiger charge is -2.39. The van der Waals surface area contributed by atoms with Crippen molar-refractivity contribution in [3.8, 4) is 0 Å². The number of halogens is 1. The van der Waals surface area contributed by atoms with Crippen molar-refractivity contribution in [1.82, 2.24) is 10.2 Å². The highest BCUT2D eigenvalue weighted by Gasteiger charge is 2.32. The molecule has 2 rings (SSSR count). The molecular weight excluding hydrogens is 366 g/mol. The van der Waals surface area contributed by atoms with Crippen LogP contribution in [0.2, 0.25) is 0 Å². The van der Waals surface area contributed by atoms with Crippen LogP contribution in [0.3, 0.4) is 0 Å². The molecule has 122 valence electrons. The van der Waals surface area contributed by atoms with E-state index in [0.29, 0.717) is 23.9 Å². The van der Waals surface area contributed by atoms with Gasteiger partial charge in [0.1, 0.15) is 6.04 Å². The molecule has 0 saturated carbocycles. The molecule has 5 nitrogen and oxygen atoms in total. The van der Waals surface area contributed by atoms with Crippen molar-refractivity contribution < 1.29 is 9.59 Å². The Bertz CT molecular complexity index is 549. The maximum Gasteiger partial charge on any atom is 0.262 e. The standard InChI is InChI=1S/C15H22BrN3O2S/c1-9-5-6-19(11(7-9)8-17)15(21)10(2)18-14(20)12-3-4-13(16)22-12/h3-4,9-11H,5-8,17H2,1-2H3,(H,18,20). The zero-order valence-corrected chi connectivity index (χ0v) is 15.2. The Labute approximate surface area is 143 Å². The number of piperidine rings is 1. The van der Waals surface area contributed by atoms with E-state index in [2.05, 4.69) is 28.2 Å². The normalized spacial score (nSPS) is 23.2. The molecule has 2 heterocycles. The van der Waals surface area contributed by atoms with E-state index in [9.17, 15) is 9.59 Å². The Morgan fingerprint density at radius 1 is 1.55 bits per heavy atom. The number of hydrogen-bond donors (Lipinski definition) is 2. The fourth-order valence-electron chi connectivity index (χ4n) is 2.78. The molecule has 3 N–H and O–H groups in total. The van der Waals surface area contributed by atoms with Gasteiger partial charge in [-0.2, -0.15) is 0 Å². The van der Waals surface area contributed by atoms with E-state index >= 15 is 0 Å². The van der Waals surface area contributed by atoms with E-state index in [4.69, 9.17) is 5.73 Å². The molecule has 1 saturated heterocycles. The fourth-order valence-corrected chi connectivity index (χ4v) is 4.07. The summed E-state index contributed by atoms with van der Waals surface area (Å²) in [7, 11) is 0. The van der Waals surface area contributed by atoms with E-state index in [-0.39, 0.29) is 17.9 Å². The highest BCUT2D eigenvalue weighted by molar-refractivity contribution is 9.11. The topological polar surface area (TPSA) is 75.4 Å². The zero-order valence-electron chi connectivity index (χ0n) is 12.8. The third-order valence-electron chi connectivity index (χ3n) is 4.05. The largest absolute Gasteiger partial charge is 0.340 e. The maximum atomic E-state index is 12.6. The van der Waals surface area contributed by atoms with Crippen LogP contribution in [0.1, 0.15) is 36.4 Å².